The van der Waals surface area contributed by atoms with Gasteiger partial charge in [0.15, 0.2) is 0 Å². The van der Waals surface area contributed by atoms with E-state index in [0.29, 0.717) is 12.2 Å². The summed E-state index contributed by atoms with van der Waals surface area (Å²) in [7, 11) is 0. The first kappa shape index (κ1) is 14.2. The summed E-state index contributed by atoms with van der Waals surface area (Å²) in [6.07, 6.45) is 2.24. The number of unbranched alkanes of at least 4 members (excludes halogenated alkanes) is 1. The summed E-state index contributed by atoms with van der Waals surface area (Å²) >= 11 is 0. The van der Waals surface area contributed by atoms with E-state index in [9.17, 15) is 9.59 Å². The smallest absolute Gasteiger partial charge is 0.330 e. The van der Waals surface area contributed by atoms with Crippen molar-refractivity contribution in [1.29, 1.82) is 0 Å². The summed E-state index contributed by atoms with van der Waals surface area (Å²) in [5.41, 5.74) is 1.10. The molecule has 4 heteroatoms. The van der Waals surface area contributed by atoms with Crippen LogP contribution >= 0.6 is 0 Å². The fraction of sp³-hybridized carbons (Fsp3) is 0.429. The lowest BCUT2D eigenvalue weighted by Gasteiger charge is -2.06. The van der Waals surface area contributed by atoms with Gasteiger partial charge in [-0.2, -0.15) is 0 Å². The molecule has 4 nitrogen and oxygen atoms in total. The van der Waals surface area contributed by atoms with Crippen molar-refractivity contribution in [3.8, 4) is 5.75 Å². The Kier molecular flexibility index (Phi) is 5.91. The van der Waals surface area contributed by atoms with E-state index in [-0.39, 0.29) is 12.5 Å². The SMILES string of the molecule is CCCCC(=O)NCC(=O)Oc1ccc(C)cc1. The number of nitrogens with one attached hydrogen (secondary N) is 1. The van der Waals surface area contributed by atoms with E-state index in [1.165, 1.54) is 0 Å². The highest BCUT2D eigenvalue weighted by molar-refractivity contribution is 5.82. The van der Waals surface area contributed by atoms with Gasteiger partial charge in [-0.25, -0.2) is 4.79 Å². The second-order valence-corrected chi connectivity index (χ2v) is 4.17. The van der Waals surface area contributed by atoms with Gasteiger partial charge in [-0.15, -0.1) is 0 Å². The zero-order chi connectivity index (χ0) is 13.4. The average Bonchev–Trinajstić information content (AvgIpc) is 2.36. The summed E-state index contributed by atoms with van der Waals surface area (Å²) in [6.45, 7) is 3.88. The first-order valence-electron chi connectivity index (χ1n) is 6.16. The van der Waals surface area contributed by atoms with Gasteiger partial charge in [-0.05, 0) is 25.5 Å². The van der Waals surface area contributed by atoms with Gasteiger partial charge in [0.25, 0.3) is 0 Å². The van der Waals surface area contributed by atoms with Crippen molar-refractivity contribution in [3.63, 3.8) is 0 Å². The van der Waals surface area contributed by atoms with E-state index >= 15 is 0 Å². The lowest BCUT2D eigenvalue weighted by atomic mass is 10.2. The van der Waals surface area contributed by atoms with Crippen LogP contribution in [-0.4, -0.2) is 18.4 Å². The van der Waals surface area contributed by atoms with Crippen LogP contribution in [0.5, 0.6) is 5.75 Å². The number of hydrogen-bond acceptors (Lipinski definition) is 3. The minimum Gasteiger partial charge on any atom is -0.425 e. The van der Waals surface area contributed by atoms with Gasteiger partial charge in [0, 0.05) is 6.42 Å². The van der Waals surface area contributed by atoms with Crippen molar-refractivity contribution in [3.05, 3.63) is 29.8 Å². The molecule has 0 spiro atoms. The van der Waals surface area contributed by atoms with Crippen molar-refractivity contribution in [2.75, 3.05) is 6.54 Å². The van der Waals surface area contributed by atoms with Gasteiger partial charge in [0.2, 0.25) is 5.91 Å². The van der Waals surface area contributed by atoms with Gasteiger partial charge in [-0.3, -0.25) is 4.79 Å². The Hall–Kier alpha value is -1.84. The molecule has 1 amide bonds. The summed E-state index contributed by atoms with van der Waals surface area (Å²) < 4.78 is 5.07. The molecule has 1 rings (SSSR count). The number of esters is 1. The largest absolute Gasteiger partial charge is 0.425 e. The molecule has 18 heavy (non-hydrogen) atoms. The minimum absolute atomic E-state index is 0.0869. The van der Waals surface area contributed by atoms with E-state index in [1.807, 2.05) is 26.0 Å². The third-order valence-corrected chi connectivity index (χ3v) is 2.44. The number of rotatable bonds is 6. The van der Waals surface area contributed by atoms with Gasteiger partial charge in [0.05, 0.1) is 0 Å². The van der Waals surface area contributed by atoms with Crippen LogP contribution in [-0.2, 0) is 9.59 Å². The maximum atomic E-state index is 11.4. The third-order valence-electron chi connectivity index (χ3n) is 2.44. The van der Waals surface area contributed by atoms with Crippen LogP contribution in [0.4, 0.5) is 0 Å². The maximum absolute atomic E-state index is 11.4. The normalized spacial score (nSPS) is 9.89. The maximum Gasteiger partial charge on any atom is 0.330 e. The van der Waals surface area contributed by atoms with Crippen molar-refractivity contribution >= 4 is 11.9 Å². The average molecular weight is 249 g/mol. The van der Waals surface area contributed by atoms with Crippen LogP contribution in [0.1, 0.15) is 31.7 Å². The van der Waals surface area contributed by atoms with Crippen LogP contribution in [0.15, 0.2) is 24.3 Å². The summed E-state index contributed by atoms with van der Waals surface area (Å²) in [4.78, 5) is 22.7. The number of carbonyl (C=O) groups excluding carboxylic acids is 2. The Labute approximate surface area is 107 Å². The van der Waals surface area contributed by atoms with Crippen molar-refractivity contribution < 1.29 is 14.3 Å². The van der Waals surface area contributed by atoms with Crippen LogP contribution in [0, 0.1) is 6.92 Å². The molecule has 0 fully saturated rings. The highest BCUT2D eigenvalue weighted by Gasteiger charge is 2.07. The Bertz CT molecular complexity index is 398. The topological polar surface area (TPSA) is 55.4 Å². The first-order valence-corrected chi connectivity index (χ1v) is 6.16. The standard InChI is InChI=1S/C14H19NO3/c1-3-4-5-13(16)15-10-14(17)18-12-8-6-11(2)7-9-12/h6-9H,3-5,10H2,1-2H3,(H,15,16). The molecule has 0 unspecified atom stereocenters. The second-order valence-electron chi connectivity index (χ2n) is 4.17. The third kappa shape index (κ3) is 5.48. The number of hydrogen-bond donors (Lipinski definition) is 1. The van der Waals surface area contributed by atoms with Gasteiger partial charge >= 0.3 is 5.97 Å². The van der Waals surface area contributed by atoms with Crippen molar-refractivity contribution in [2.24, 2.45) is 0 Å². The van der Waals surface area contributed by atoms with Crippen LogP contribution in [0.2, 0.25) is 0 Å². The minimum atomic E-state index is -0.455. The fourth-order valence-corrected chi connectivity index (χ4v) is 1.37. The molecular weight excluding hydrogens is 230 g/mol. The van der Waals surface area contributed by atoms with E-state index in [2.05, 4.69) is 5.32 Å². The molecule has 1 N–H and O–H groups in total. The molecule has 0 atom stereocenters. The molecule has 0 aliphatic heterocycles. The van der Waals surface area contributed by atoms with Gasteiger partial charge in [0.1, 0.15) is 12.3 Å². The molecule has 0 aromatic heterocycles. The Morgan fingerprint density at radius 1 is 1.22 bits per heavy atom. The number of amides is 1. The number of carbonyl (C=O) groups is 2. The van der Waals surface area contributed by atoms with Crippen LogP contribution in [0.3, 0.4) is 0 Å². The van der Waals surface area contributed by atoms with Crippen LogP contribution < -0.4 is 10.1 Å². The summed E-state index contributed by atoms with van der Waals surface area (Å²) in [5, 5.41) is 2.54. The van der Waals surface area contributed by atoms with Crippen LogP contribution in [0.25, 0.3) is 0 Å². The predicted molar refractivity (Wildman–Crippen MR) is 69.3 cm³/mol. The lowest BCUT2D eigenvalue weighted by Crippen LogP contribution is -2.31. The molecule has 0 aliphatic rings. The molecule has 1 aromatic carbocycles. The number of ether oxygens (including phenoxy) is 1. The molecule has 98 valence electrons. The van der Waals surface area contributed by atoms with E-state index in [4.69, 9.17) is 4.74 Å². The number of aryl methyl sites for hydroxylation is 1. The zero-order valence-corrected chi connectivity index (χ0v) is 10.9. The van der Waals surface area contributed by atoms with E-state index in [0.717, 1.165) is 18.4 Å². The van der Waals surface area contributed by atoms with Gasteiger partial charge < -0.3 is 10.1 Å². The molecule has 1 aromatic rings. The fourth-order valence-electron chi connectivity index (χ4n) is 1.37. The highest BCUT2D eigenvalue weighted by Crippen LogP contribution is 2.11. The second kappa shape index (κ2) is 7.48. The first-order chi connectivity index (χ1) is 8.61. The Morgan fingerprint density at radius 3 is 2.50 bits per heavy atom. The lowest BCUT2D eigenvalue weighted by molar-refractivity contribution is -0.135. The van der Waals surface area contributed by atoms with E-state index in [1.54, 1.807) is 12.1 Å². The molecule has 0 saturated heterocycles. The highest BCUT2D eigenvalue weighted by atomic mass is 16.5. The molecule has 0 bridgehead atoms. The number of benzene rings is 1. The molecule has 0 aliphatic carbocycles. The van der Waals surface area contributed by atoms with Crippen molar-refractivity contribution in [2.45, 2.75) is 33.1 Å². The zero-order valence-electron chi connectivity index (χ0n) is 10.9. The van der Waals surface area contributed by atoms with E-state index < -0.39 is 5.97 Å². The Morgan fingerprint density at radius 2 is 1.89 bits per heavy atom. The molecule has 0 heterocycles. The van der Waals surface area contributed by atoms with Crippen molar-refractivity contribution in [1.82, 2.24) is 5.32 Å². The summed E-state index contributed by atoms with van der Waals surface area (Å²) in [5.74, 6) is -0.0742. The molecular formula is C14H19NO3. The summed E-state index contributed by atoms with van der Waals surface area (Å²) in [6, 6.07) is 7.18. The Balaban J connectivity index is 2.29. The monoisotopic (exact) mass is 249 g/mol. The quantitative estimate of drug-likeness (QED) is 0.621. The predicted octanol–water partition coefficient (Wildman–Crippen LogP) is 2.21. The van der Waals surface area contributed by atoms with Gasteiger partial charge in [-0.1, -0.05) is 31.0 Å². The molecule has 0 saturated carbocycles. The molecule has 0 radical (unpaired) electrons.